The van der Waals surface area contributed by atoms with Crippen molar-refractivity contribution >= 4 is 0 Å². The first-order valence-electron chi connectivity index (χ1n) is 6.60. The van der Waals surface area contributed by atoms with Crippen LogP contribution < -0.4 is 10.5 Å². The Morgan fingerprint density at radius 3 is 2.83 bits per heavy atom. The van der Waals surface area contributed by atoms with Gasteiger partial charge in [0.15, 0.2) is 0 Å². The monoisotopic (exact) mass is 252 g/mol. The summed E-state index contributed by atoms with van der Waals surface area (Å²) in [5.41, 5.74) is 5.93. The number of benzene rings is 1. The molecule has 2 rings (SSSR count). The van der Waals surface area contributed by atoms with Crippen LogP contribution in [0, 0.1) is 5.82 Å². The van der Waals surface area contributed by atoms with Crippen molar-refractivity contribution in [2.75, 3.05) is 26.2 Å². The van der Waals surface area contributed by atoms with Crippen molar-refractivity contribution in [2.45, 2.75) is 25.3 Å². The van der Waals surface area contributed by atoms with Gasteiger partial charge in [0.2, 0.25) is 0 Å². The summed E-state index contributed by atoms with van der Waals surface area (Å²) in [6, 6.07) is 6.48. The molecule has 0 spiro atoms. The van der Waals surface area contributed by atoms with Crippen LogP contribution >= 0.6 is 0 Å². The van der Waals surface area contributed by atoms with Crippen LogP contribution in [-0.4, -0.2) is 37.2 Å². The predicted molar refractivity (Wildman–Crippen MR) is 70.2 cm³/mol. The Balaban J connectivity index is 1.62. The summed E-state index contributed by atoms with van der Waals surface area (Å²) in [7, 11) is 0. The van der Waals surface area contributed by atoms with Gasteiger partial charge in [-0.25, -0.2) is 4.39 Å². The van der Waals surface area contributed by atoms with Crippen LogP contribution in [0.25, 0.3) is 0 Å². The van der Waals surface area contributed by atoms with Crippen molar-refractivity contribution in [1.29, 1.82) is 0 Å². The highest BCUT2D eigenvalue weighted by molar-refractivity contribution is 5.21. The summed E-state index contributed by atoms with van der Waals surface area (Å²) in [5, 5.41) is 0. The molecule has 0 aromatic heterocycles. The van der Waals surface area contributed by atoms with Crippen LogP contribution in [0.1, 0.15) is 19.3 Å². The Bertz CT molecular complexity index is 355. The minimum absolute atomic E-state index is 0.232. The summed E-state index contributed by atoms with van der Waals surface area (Å²) in [5.74, 6) is 0.497. The van der Waals surface area contributed by atoms with E-state index >= 15 is 0 Å². The molecule has 0 radical (unpaired) electrons. The zero-order chi connectivity index (χ0) is 12.8. The lowest BCUT2D eigenvalue weighted by Gasteiger charge is -2.30. The Kier molecular flexibility index (Phi) is 4.96. The molecule has 0 aliphatic carbocycles. The second-order valence-corrected chi connectivity index (χ2v) is 4.86. The standard InChI is InChI=1S/C14H21FN2O/c15-12-4-6-14(7-5-12)18-10-2-9-17-8-1-3-13(16)11-17/h4-7,13H,1-3,8-11,16H2. The quantitative estimate of drug-likeness (QED) is 0.815. The van der Waals surface area contributed by atoms with E-state index in [1.807, 2.05) is 0 Å². The van der Waals surface area contributed by atoms with Crippen LogP contribution in [0.3, 0.4) is 0 Å². The lowest BCUT2D eigenvalue weighted by molar-refractivity contribution is 0.190. The molecular weight excluding hydrogens is 231 g/mol. The number of piperidine rings is 1. The third kappa shape index (κ3) is 4.27. The van der Waals surface area contributed by atoms with E-state index in [9.17, 15) is 4.39 Å². The fourth-order valence-corrected chi connectivity index (χ4v) is 2.30. The van der Waals surface area contributed by atoms with Crippen molar-refractivity contribution in [3.05, 3.63) is 30.1 Å². The molecule has 1 fully saturated rings. The van der Waals surface area contributed by atoms with Gasteiger partial charge in [-0.15, -0.1) is 0 Å². The number of nitrogens with zero attached hydrogens (tertiary/aromatic N) is 1. The highest BCUT2D eigenvalue weighted by Gasteiger charge is 2.15. The highest BCUT2D eigenvalue weighted by Crippen LogP contribution is 2.12. The van der Waals surface area contributed by atoms with Gasteiger partial charge in [0.1, 0.15) is 11.6 Å². The van der Waals surface area contributed by atoms with E-state index < -0.39 is 0 Å². The molecule has 0 amide bonds. The summed E-state index contributed by atoms with van der Waals surface area (Å²) in [6.45, 7) is 3.83. The molecule has 3 nitrogen and oxygen atoms in total. The molecule has 2 N–H and O–H groups in total. The maximum Gasteiger partial charge on any atom is 0.123 e. The second kappa shape index (κ2) is 6.71. The van der Waals surface area contributed by atoms with Gasteiger partial charge in [0, 0.05) is 19.1 Å². The van der Waals surface area contributed by atoms with Crippen LogP contribution in [-0.2, 0) is 0 Å². The van der Waals surface area contributed by atoms with E-state index in [0.29, 0.717) is 12.6 Å². The van der Waals surface area contributed by atoms with Gasteiger partial charge in [-0.1, -0.05) is 0 Å². The third-order valence-corrected chi connectivity index (χ3v) is 3.24. The minimum atomic E-state index is -0.232. The van der Waals surface area contributed by atoms with Gasteiger partial charge >= 0.3 is 0 Å². The van der Waals surface area contributed by atoms with Gasteiger partial charge in [-0.3, -0.25) is 0 Å². The van der Waals surface area contributed by atoms with Gasteiger partial charge in [0.25, 0.3) is 0 Å². The van der Waals surface area contributed by atoms with E-state index in [0.717, 1.165) is 38.2 Å². The number of likely N-dealkylation sites (tertiary alicyclic amines) is 1. The lowest BCUT2D eigenvalue weighted by atomic mass is 10.1. The summed E-state index contributed by atoms with van der Waals surface area (Å²) in [4.78, 5) is 2.39. The average Bonchev–Trinajstić information content (AvgIpc) is 2.37. The maximum absolute atomic E-state index is 12.7. The summed E-state index contributed by atoms with van der Waals surface area (Å²) >= 11 is 0. The number of hydrogen-bond acceptors (Lipinski definition) is 3. The smallest absolute Gasteiger partial charge is 0.123 e. The van der Waals surface area contributed by atoms with Crippen LogP contribution in [0.2, 0.25) is 0 Å². The Morgan fingerprint density at radius 2 is 2.11 bits per heavy atom. The van der Waals surface area contributed by atoms with Crippen LogP contribution in [0.15, 0.2) is 24.3 Å². The predicted octanol–water partition coefficient (Wildman–Crippen LogP) is 2.02. The van der Waals surface area contributed by atoms with Gasteiger partial charge < -0.3 is 15.4 Å². The van der Waals surface area contributed by atoms with Gasteiger partial charge in [-0.2, -0.15) is 0 Å². The maximum atomic E-state index is 12.7. The molecule has 1 atom stereocenters. The Morgan fingerprint density at radius 1 is 1.33 bits per heavy atom. The fraction of sp³-hybridized carbons (Fsp3) is 0.571. The number of ether oxygens (including phenoxy) is 1. The second-order valence-electron chi connectivity index (χ2n) is 4.86. The average molecular weight is 252 g/mol. The van der Waals surface area contributed by atoms with Crippen LogP contribution in [0.4, 0.5) is 4.39 Å². The first-order chi connectivity index (χ1) is 8.74. The number of nitrogens with two attached hydrogens (primary N) is 1. The fourth-order valence-electron chi connectivity index (χ4n) is 2.30. The first-order valence-corrected chi connectivity index (χ1v) is 6.60. The summed E-state index contributed by atoms with van der Waals surface area (Å²) in [6.07, 6.45) is 3.31. The SMILES string of the molecule is NC1CCCN(CCCOc2ccc(F)cc2)C1. The molecule has 1 heterocycles. The highest BCUT2D eigenvalue weighted by atomic mass is 19.1. The molecule has 18 heavy (non-hydrogen) atoms. The Labute approximate surface area is 108 Å². The molecule has 1 unspecified atom stereocenters. The molecule has 1 aliphatic rings. The zero-order valence-electron chi connectivity index (χ0n) is 10.6. The van der Waals surface area contributed by atoms with Crippen molar-refractivity contribution < 1.29 is 9.13 Å². The molecule has 4 heteroatoms. The zero-order valence-corrected chi connectivity index (χ0v) is 10.6. The van der Waals surface area contributed by atoms with Crippen LogP contribution in [0.5, 0.6) is 5.75 Å². The first kappa shape index (κ1) is 13.3. The number of hydrogen-bond donors (Lipinski definition) is 1. The molecular formula is C14H21FN2O. The minimum Gasteiger partial charge on any atom is -0.494 e. The molecule has 1 aromatic rings. The third-order valence-electron chi connectivity index (χ3n) is 3.24. The Hall–Kier alpha value is -1.13. The normalized spacial score (nSPS) is 20.9. The van der Waals surface area contributed by atoms with E-state index in [1.54, 1.807) is 12.1 Å². The van der Waals surface area contributed by atoms with E-state index in [-0.39, 0.29) is 5.82 Å². The molecule has 1 saturated heterocycles. The van der Waals surface area contributed by atoms with Gasteiger partial charge in [-0.05, 0) is 50.1 Å². The number of rotatable bonds is 5. The molecule has 1 aromatic carbocycles. The number of halogens is 1. The van der Waals surface area contributed by atoms with Crippen molar-refractivity contribution in [3.63, 3.8) is 0 Å². The van der Waals surface area contributed by atoms with E-state index in [4.69, 9.17) is 10.5 Å². The van der Waals surface area contributed by atoms with Crippen molar-refractivity contribution in [2.24, 2.45) is 5.73 Å². The largest absolute Gasteiger partial charge is 0.494 e. The van der Waals surface area contributed by atoms with E-state index in [2.05, 4.69) is 4.90 Å². The molecule has 1 aliphatic heterocycles. The van der Waals surface area contributed by atoms with E-state index in [1.165, 1.54) is 18.6 Å². The topological polar surface area (TPSA) is 38.5 Å². The summed E-state index contributed by atoms with van der Waals surface area (Å²) < 4.78 is 18.2. The van der Waals surface area contributed by atoms with Gasteiger partial charge in [0.05, 0.1) is 6.61 Å². The lowest BCUT2D eigenvalue weighted by Crippen LogP contribution is -2.43. The van der Waals surface area contributed by atoms with Crippen molar-refractivity contribution in [3.8, 4) is 5.75 Å². The van der Waals surface area contributed by atoms with Crippen molar-refractivity contribution in [1.82, 2.24) is 4.90 Å². The molecule has 0 bridgehead atoms. The molecule has 100 valence electrons. The molecule has 0 saturated carbocycles.